The Labute approximate surface area is 97.5 Å². The van der Waals surface area contributed by atoms with E-state index in [4.69, 9.17) is 0 Å². The van der Waals surface area contributed by atoms with Crippen molar-refractivity contribution in [1.82, 2.24) is 5.32 Å². The summed E-state index contributed by atoms with van der Waals surface area (Å²) in [6.07, 6.45) is 0.687. The Morgan fingerprint density at radius 3 is 2.44 bits per heavy atom. The predicted octanol–water partition coefficient (Wildman–Crippen LogP) is 0.352. The molecule has 0 aliphatic heterocycles. The molecule has 0 saturated carbocycles. The van der Waals surface area contributed by atoms with Crippen LogP contribution in [0.2, 0.25) is 0 Å². The molecule has 1 unspecified atom stereocenters. The molecule has 0 rings (SSSR count). The summed E-state index contributed by atoms with van der Waals surface area (Å²) in [6, 6.07) is -0.0346. The van der Waals surface area contributed by atoms with Gasteiger partial charge >= 0.3 is 5.97 Å². The Hall–Kier alpha value is -0.620. The van der Waals surface area contributed by atoms with Gasteiger partial charge in [0.2, 0.25) is 0 Å². The van der Waals surface area contributed by atoms with Gasteiger partial charge in [-0.05, 0) is 13.0 Å². The lowest BCUT2D eigenvalue weighted by Crippen LogP contribution is -2.36. The Bertz CT molecular complexity index is 300. The van der Waals surface area contributed by atoms with E-state index < -0.39 is 15.8 Å². The van der Waals surface area contributed by atoms with Crippen LogP contribution in [0.4, 0.5) is 0 Å². The molecule has 0 aromatic heterocycles. The van der Waals surface area contributed by atoms with Gasteiger partial charge in [0.05, 0.1) is 25.0 Å². The van der Waals surface area contributed by atoms with E-state index in [9.17, 15) is 13.2 Å². The van der Waals surface area contributed by atoms with Gasteiger partial charge in [0.15, 0.2) is 9.84 Å². The van der Waals surface area contributed by atoms with Crippen LogP contribution in [0, 0.1) is 0 Å². The fourth-order valence-electron chi connectivity index (χ4n) is 1.34. The predicted molar refractivity (Wildman–Crippen MR) is 63.0 cm³/mol. The van der Waals surface area contributed by atoms with Gasteiger partial charge in [-0.25, -0.2) is 8.42 Å². The smallest absolute Gasteiger partial charge is 0.306 e. The molecule has 0 aromatic rings. The van der Waals surface area contributed by atoms with Crippen molar-refractivity contribution >= 4 is 15.8 Å². The van der Waals surface area contributed by atoms with Crippen LogP contribution in [0.25, 0.3) is 0 Å². The van der Waals surface area contributed by atoms with Crippen molar-refractivity contribution in [3.05, 3.63) is 0 Å². The minimum Gasteiger partial charge on any atom is -0.469 e. The number of carbonyl (C=O) groups is 1. The monoisotopic (exact) mass is 251 g/mol. The molecular formula is C10H21NO4S. The lowest BCUT2D eigenvalue weighted by molar-refractivity contribution is -0.140. The van der Waals surface area contributed by atoms with Gasteiger partial charge in [-0.1, -0.05) is 13.8 Å². The Morgan fingerprint density at radius 1 is 1.38 bits per heavy atom. The van der Waals surface area contributed by atoms with E-state index in [0.29, 0.717) is 0 Å². The van der Waals surface area contributed by atoms with E-state index in [-0.39, 0.29) is 24.0 Å². The van der Waals surface area contributed by atoms with Gasteiger partial charge in [-0.15, -0.1) is 0 Å². The number of hydrogen-bond acceptors (Lipinski definition) is 5. The Balaban J connectivity index is 4.17. The fraction of sp³-hybridized carbons (Fsp3) is 0.900. The second-order valence-corrected chi connectivity index (χ2v) is 5.83. The highest BCUT2D eigenvalue weighted by Gasteiger charge is 2.18. The van der Waals surface area contributed by atoms with Crippen molar-refractivity contribution in [1.29, 1.82) is 0 Å². The number of nitrogens with one attached hydrogen (secondary N) is 1. The second-order valence-electron chi connectivity index (χ2n) is 3.60. The summed E-state index contributed by atoms with van der Waals surface area (Å²) in [5.74, 6) is -0.546. The first-order valence-corrected chi connectivity index (χ1v) is 7.28. The topological polar surface area (TPSA) is 72.5 Å². The van der Waals surface area contributed by atoms with Crippen LogP contribution in [0.5, 0.6) is 0 Å². The Kier molecular flexibility index (Phi) is 7.33. The van der Waals surface area contributed by atoms with Crippen LogP contribution >= 0.6 is 0 Å². The summed E-state index contributed by atoms with van der Waals surface area (Å²) in [6.45, 7) is 4.61. The summed E-state index contributed by atoms with van der Waals surface area (Å²) in [4.78, 5) is 10.8. The van der Waals surface area contributed by atoms with E-state index in [1.807, 2.05) is 13.8 Å². The van der Waals surface area contributed by atoms with Gasteiger partial charge in [-0.3, -0.25) is 4.79 Å². The summed E-state index contributed by atoms with van der Waals surface area (Å²) in [7, 11) is -1.93. The average molecular weight is 251 g/mol. The summed E-state index contributed by atoms with van der Waals surface area (Å²) in [5.41, 5.74) is 0. The molecule has 0 radical (unpaired) electrons. The van der Waals surface area contributed by atoms with E-state index >= 15 is 0 Å². The van der Waals surface area contributed by atoms with Crippen LogP contribution in [-0.2, 0) is 19.4 Å². The van der Waals surface area contributed by atoms with Crippen molar-refractivity contribution in [2.24, 2.45) is 0 Å². The first kappa shape index (κ1) is 15.4. The van der Waals surface area contributed by atoms with Crippen molar-refractivity contribution < 1.29 is 17.9 Å². The zero-order valence-electron chi connectivity index (χ0n) is 10.2. The molecule has 0 aliphatic carbocycles. The number of carbonyl (C=O) groups excluding carboxylic acids is 1. The molecule has 0 heterocycles. The zero-order valence-corrected chi connectivity index (χ0v) is 11.0. The maximum Gasteiger partial charge on any atom is 0.306 e. The highest BCUT2D eigenvalue weighted by Crippen LogP contribution is 2.01. The average Bonchev–Trinajstić information content (AvgIpc) is 2.25. The molecule has 0 amide bonds. The molecule has 0 aliphatic rings. The van der Waals surface area contributed by atoms with Crippen molar-refractivity contribution in [3.8, 4) is 0 Å². The van der Waals surface area contributed by atoms with Gasteiger partial charge in [0.1, 0.15) is 0 Å². The van der Waals surface area contributed by atoms with Gasteiger partial charge in [0, 0.05) is 6.04 Å². The van der Waals surface area contributed by atoms with E-state index in [1.165, 1.54) is 7.11 Å². The zero-order chi connectivity index (χ0) is 12.6. The van der Waals surface area contributed by atoms with Gasteiger partial charge < -0.3 is 10.1 Å². The van der Waals surface area contributed by atoms with Crippen LogP contribution < -0.4 is 5.32 Å². The third-order valence-electron chi connectivity index (χ3n) is 2.29. The molecule has 6 heteroatoms. The highest BCUT2D eigenvalue weighted by molar-refractivity contribution is 7.91. The standard InChI is InChI=1S/C10H21NO4S/c1-4-9(11-5-2)8-16(13,14)7-6-10(12)15-3/h9,11H,4-8H2,1-3H3. The van der Waals surface area contributed by atoms with Crippen molar-refractivity contribution in [2.75, 3.05) is 25.2 Å². The lowest BCUT2D eigenvalue weighted by Gasteiger charge is -2.15. The molecule has 1 atom stereocenters. The number of methoxy groups -OCH3 is 1. The molecule has 0 aromatic carbocycles. The number of rotatable bonds is 8. The van der Waals surface area contributed by atoms with Crippen LogP contribution in [0.3, 0.4) is 0 Å². The first-order chi connectivity index (χ1) is 7.45. The van der Waals surface area contributed by atoms with Crippen LogP contribution in [0.1, 0.15) is 26.7 Å². The minimum absolute atomic E-state index is 0.0346. The molecule has 96 valence electrons. The largest absolute Gasteiger partial charge is 0.469 e. The van der Waals surface area contributed by atoms with Gasteiger partial charge in [-0.2, -0.15) is 0 Å². The number of ether oxygens (including phenoxy) is 1. The molecule has 5 nitrogen and oxygen atoms in total. The summed E-state index contributed by atoms with van der Waals surface area (Å²) >= 11 is 0. The normalized spacial score (nSPS) is 13.4. The van der Waals surface area contributed by atoms with Crippen molar-refractivity contribution in [2.45, 2.75) is 32.7 Å². The molecule has 1 N–H and O–H groups in total. The number of esters is 1. The van der Waals surface area contributed by atoms with E-state index in [0.717, 1.165) is 13.0 Å². The maximum atomic E-state index is 11.6. The van der Waals surface area contributed by atoms with Crippen LogP contribution in [0.15, 0.2) is 0 Å². The minimum atomic E-state index is -3.18. The molecule has 0 spiro atoms. The van der Waals surface area contributed by atoms with E-state index in [1.54, 1.807) is 0 Å². The second kappa shape index (κ2) is 7.62. The van der Waals surface area contributed by atoms with Crippen molar-refractivity contribution in [3.63, 3.8) is 0 Å². The molecular weight excluding hydrogens is 230 g/mol. The third-order valence-corrected chi connectivity index (χ3v) is 4.02. The lowest BCUT2D eigenvalue weighted by atomic mass is 10.2. The summed E-state index contributed by atoms with van der Waals surface area (Å²) in [5, 5.41) is 3.09. The first-order valence-electron chi connectivity index (χ1n) is 5.45. The quantitative estimate of drug-likeness (QED) is 0.630. The van der Waals surface area contributed by atoms with Gasteiger partial charge in [0.25, 0.3) is 0 Å². The SMILES string of the molecule is CCNC(CC)CS(=O)(=O)CCC(=O)OC. The summed E-state index contributed by atoms with van der Waals surface area (Å²) < 4.78 is 27.7. The number of hydrogen-bond donors (Lipinski definition) is 1. The third kappa shape index (κ3) is 6.79. The molecule has 16 heavy (non-hydrogen) atoms. The molecule has 0 bridgehead atoms. The maximum absolute atomic E-state index is 11.6. The number of sulfone groups is 1. The molecule has 0 saturated heterocycles. The fourth-order valence-corrected chi connectivity index (χ4v) is 2.95. The molecule has 0 fully saturated rings. The Morgan fingerprint density at radius 2 is 2.00 bits per heavy atom. The highest BCUT2D eigenvalue weighted by atomic mass is 32.2. The van der Waals surface area contributed by atoms with Crippen LogP contribution in [-0.4, -0.2) is 45.6 Å². The van der Waals surface area contributed by atoms with E-state index in [2.05, 4.69) is 10.1 Å².